The summed E-state index contributed by atoms with van der Waals surface area (Å²) in [5.74, 6) is -0.316. The molecule has 1 rings (SSSR count). The average Bonchev–Trinajstić information content (AvgIpc) is 2.72. The number of carboxylic acids is 1. The highest BCUT2D eigenvalue weighted by Crippen LogP contribution is 2.23. The Balaban J connectivity index is 2.55. The zero-order chi connectivity index (χ0) is 12.8. The SMILES string of the molecule is COC(=O)c1ccoc1CSC(C)CC(=O)O. The fourth-order valence-electron chi connectivity index (χ4n) is 1.27. The quantitative estimate of drug-likeness (QED) is 0.788. The predicted molar refractivity (Wildman–Crippen MR) is 63.1 cm³/mol. The lowest BCUT2D eigenvalue weighted by Gasteiger charge is -2.07. The van der Waals surface area contributed by atoms with E-state index in [1.165, 1.54) is 25.1 Å². The molecule has 0 fully saturated rings. The van der Waals surface area contributed by atoms with Gasteiger partial charge < -0.3 is 14.3 Å². The van der Waals surface area contributed by atoms with E-state index in [9.17, 15) is 9.59 Å². The predicted octanol–water partition coefficient (Wildman–Crippen LogP) is 2.16. The van der Waals surface area contributed by atoms with E-state index in [-0.39, 0.29) is 11.7 Å². The topological polar surface area (TPSA) is 76.7 Å². The smallest absolute Gasteiger partial charge is 0.341 e. The van der Waals surface area contributed by atoms with Crippen LogP contribution in [0.25, 0.3) is 0 Å². The summed E-state index contributed by atoms with van der Waals surface area (Å²) in [5, 5.41) is 8.57. The fourth-order valence-corrected chi connectivity index (χ4v) is 2.19. The van der Waals surface area contributed by atoms with Crippen LogP contribution in [0.4, 0.5) is 0 Å². The third-order valence-electron chi connectivity index (χ3n) is 2.11. The highest BCUT2D eigenvalue weighted by Gasteiger charge is 2.16. The van der Waals surface area contributed by atoms with Crippen LogP contribution < -0.4 is 0 Å². The molecule has 6 heteroatoms. The van der Waals surface area contributed by atoms with Crippen molar-refractivity contribution in [3.63, 3.8) is 0 Å². The number of methoxy groups -OCH3 is 1. The van der Waals surface area contributed by atoms with Crippen molar-refractivity contribution in [3.8, 4) is 0 Å². The lowest BCUT2D eigenvalue weighted by molar-refractivity contribution is -0.136. The van der Waals surface area contributed by atoms with E-state index in [0.717, 1.165) is 0 Å². The van der Waals surface area contributed by atoms with Gasteiger partial charge in [-0.25, -0.2) is 4.79 Å². The molecule has 0 amide bonds. The number of furan rings is 1. The van der Waals surface area contributed by atoms with Crippen LogP contribution in [-0.2, 0) is 15.3 Å². The number of carboxylic acid groups (broad SMARTS) is 1. The van der Waals surface area contributed by atoms with E-state index in [1.807, 2.05) is 6.92 Å². The molecule has 0 aliphatic heterocycles. The van der Waals surface area contributed by atoms with Crippen LogP contribution >= 0.6 is 11.8 Å². The largest absolute Gasteiger partial charge is 0.481 e. The van der Waals surface area contributed by atoms with E-state index in [0.29, 0.717) is 17.1 Å². The van der Waals surface area contributed by atoms with E-state index >= 15 is 0 Å². The molecule has 17 heavy (non-hydrogen) atoms. The van der Waals surface area contributed by atoms with E-state index in [4.69, 9.17) is 9.52 Å². The molecule has 0 bridgehead atoms. The Morgan fingerprint density at radius 2 is 2.29 bits per heavy atom. The molecule has 1 unspecified atom stereocenters. The van der Waals surface area contributed by atoms with E-state index in [1.54, 1.807) is 6.07 Å². The third kappa shape index (κ3) is 4.14. The molecule has 1 heterocycles. The first-order chi connectivity index (χ1) is 8.04. The molecule has 1 aromatic rings. The van der Waals surface area contributed by atoms with Gasteiger partial charge in [0, 0.05) is 5.25 Å². The summed E-state index contributed by atoms with van der Waals surface area (Å²) >= 11 is 1.42. The Labute approximate surface area is 103 Å². The minimum atomic E-state index is -0.836. The van der Waals surface area contributed by atoms with Gasteiger partial charge in [-0.1, -0.05) is 6.92 Å². The minimum absolute atomic E-state index is 0.0388. The summed E-state index contributed by atoms with van der Waals surface area (Å²) in [6.45, 7) is 1.82. The number of hydrogen-bond donors (Lipinski definition) is 1. The summed E-state index contributed by atoms with van der Waals surface area (Å²) in [6, 6.07) is 1.55. The van der Waals surface area contributed by atoms with Crippen molar-refractivity contribution in [2.24, 2.45) is 0 Å². The first kappa shape index (κ1) is 13.6. The lowest BCUT2D eigenvalue weighted by atomic mass is 10.3. The van der Waals surface area contributed by atoms with Gasteiger partial charge >= 0.3 is 11.9 Å². The summed E-state index contributed by atoms with van der Waals surface area (Å²) in [7, 11) is 1.30. The number of thioether (sulfide) groups is 1. The van der Waals surface area contributed by atoms with Crippen molar-refractivity contribution in [3.05, 3.63) is 23.7 Å². The number of carbonyl (C=O) groups is 2. The van der Waals surface area contributed by atoms with Gasteiger partial charge in [0.1, 0.15) is 11.3 Å². The number of rotatable bonds is 6. The van der Waals surface area contributed by atoms with Gasteiger partial charge in [0.2, 0.25) is 0 Å². The zero-order valence-corrected chi connectivity index (χ0v) is 10.5. The van der Waals surface area contributed by atoms with Gasteiger partial charge in [-0.2, -0.15) is 11.8 Å². The van der Waals surface area contributed by atoms with Crippen LogP contribution in [-0.4, -0.2) is 29.4 Å². The molecule has 0 spiro atoms. The van der Waals surface area contributed by atoms with E-state index in [2.05, 4.69) is 4.74 Å². The zero-order valence-electron chi connectivity index (χ0n) is 9.63. The van der Waals surface area contributed by atoms with Crippen molar-refractivity contribution in [2.75, 3.05) is 7.11 Å². The minimum Gasteiger partial charge on any atom is -0.481 e. The van der Waals surface area contributed by atoms with E-state index < -0.39 is 11.9 Å². The Hall–Kier alpha value is -1.43. The number of carbonyl (C=O) groups excluding carboxylic acids is 1. The molecule has 1 aromatic heterocycles. The molecule has 1 N–H and O–H groups in total. The maximum atomic E-state index is 11.3. The summed E-state index contributed by atoms with van der Waals surface area (Å²) < 4.78 is 9.78. The average molecular weight is 258 g/mol. The first-order valence-electron chi connectivity index (χ1n) is 5.02. The van der Waals surface area contributed by atoms with Crippen molar-refractivity contribution in [1.29, 1.82) is 0 Å². The van der Waals surface area contributed by atoms with Gasteiger partial charge in [0.25, 0.3) is 0 Å². The molecule has 1 atom stereocenters. The van der Waals surface area contributed by atoms with Crippen LogP contribution in [0.15, 0.2) is 16.7 Å². The molecular weight excluding hydrogens is 244 g/mol. The highest BCUT2D eigenvalue weighted by atomic mass is 32.2. The van der Waals surface area contributed by atoms with Crippen LogP contribution in [0.2, 0.25) is 0 Å². The first-order valence-corrected chi connectivity index (χ1v) is 6.07. The standard InChI is InChI=1S/C11H14O5S/c1-7(5-10(12)13)17-6-9-8(3-4-16-9)11(14)15-2/h3-4,7H,5-6H2,1-2H3,(H,12,13). The Morgan fingerprint density at radius 3 is 2.88 bits per heavy atom. The maximum absolute atomic E-state index is 11.3. The second-order valence-electron chi connectivity index (χ2n) is 3.47. The van der Waals surface area contributed by atoms with Crippen molar-refractivity contribution in [1.82, 2.24) is 0 Å². The number of ether oxygens (including phenoxy) is 1. The van der Waals surface area contributed by atoms with Gasteiger partial charge in [-0.3, -0.25) is 4.79 Å². The summed E-state index contributed by atoms with van der Waals surface area (Å²) in [5.41, 5.74) is 0.391. The monoisotopic (exact) mass is 258 g/mol. The van der Waals surface area contributed by atoms with Gasteiger partial charge in [-0.05, 0) is 6.07 Å². The van der Waals surface area contributed by atoms with Crippen LogP contribution in [0, 0.1) is 0 Å². The number of hydrogen-bond acceptors (Lipinski definition) is 5. The Morgan fingerprint density at radius 1 is 1.59 bits per heavy atom. The molecule has 94 valence electrons. The number of aliphatic carboxylic acids is 1. The molecule has 0 saturated heterocycles. The normalized spacial score (nSPS) is 12.1. The van der Waals surface area contributed by atoms with Crippen molar-refractivity contribution in [2.45, 2.75) is 24.3 Å². The molecule has 0 saturated carbocycles. The summed E-state index contributed by atoms with van der Waals surface area (Å²) in [4.78, 5) is 21.8. The van der Waals surface area contributed by atoms with Gasteiger partial charge in [-0.15, -0.1) is 0 Å². The van der Waals surface area contributed by atoms with Gasteiger partial charge in [0.05, 0.1) is 25.5 Å². The van der Waals surface area contributed by atoms with Crippen LogP contribution in [0.5, 0.6) is 0 Å². The fraction of sp³-hybridized carbons (Fsp3) is 0.455. The van der Waals surface area contributed by atoms with Crippen molar-refractivity contribution < 1.29 is 23.8 Å². The maximum Gasteiger partial charge on any atom is 0.341 e. The molecule has 0 aliphatic rings. The van der Waals surface area contributed by atoms with Gasteiger partial charge in [0.15, 0.2) is 0 Å². The molecule has 0 aromatic carbocycles. The van der Waals surface area contributed by atoms with Crippen molar-refractivity contribution >= 4 is 23.7 Å². The van der Waals surface area contributed by atoms with Crippen LogP contribution in [0.3, 0.4) is 0 Å². The Kier molecular flexibility index (Phi) is 5.09. The molecule has 5 nitrogen and oxygen atoms in total. The van der Waals surface area contributed by atoms with Crippen LogP contribution in [0.1, 0.15) is 29.5 Å². The Bertz CT molecular complexity index is 398. The third-order valence-corrected chi connectivity index (χ3v) is 3.28. The molecular formula is C11H14O5S. The second-order valence-corrected chi connectivity index (χ2v) is 4.90. The lowest BCUT2D eigenvalue weighted by Crippen LogP contribution is -2.07. The molecule has 0 radical (unpaired) electrons. The second kappa shape index (κ2) is 6.34. The number of esters is 1. The highest BCUT2D eigenvalue weighted by molar-refractivity contribution is 7.99. The molecule has 0 aliphatic carbocycles. The summed E-state index contributed by atoms with van der Waals surface area (Å²) in [6.07, 6.45) is 1.50.